The highest BCUT2D eigenvalue weighted by molar-refractivity contribution is 14.1. The molecule has 0 fully saturated rings. The summed E-state index contributed by atoms with van der Waals surface area (Å²) in [5.41, 5.74) is 5.27. The minimum Gasteiger partial charge on any atom is -0.494 e. The topological polar surface area (TPSA) is 29.5 Å². The fraction of sp³-hybridized carbons (Fsp3) is 0.115. The molecule has 0 spiro atoms. The van der Waals surface area contributed by atoms with Gasteiger partial charge < -0.3 is 4.74 Å². The number of benzene rings is 3. The minimum atomic E-state index is -0.0526. The summed E-state index contributed by atoms with van der Waals surface area (Å²) < 4.78 is 6.65. The molecule has 1 amide bonds. The van der Waals surface area contributed by atoms with Gasteiger partial charge in [0.05, 0.1) is 18.0 Å². The van der Waals surface area contributed by atoms with Crippen molar-refractivity contribution in [1.29, 1.82) is 0 Å². The number of anilines is 1. The Labute approximate surface area is 201 Å². The Bertz CT molecular complexity index is 1180. The first-order valence-electron chi connectivity index (χ1n) is 9.99. The smallest absolute Gasteiger partial charge is 0.262 e. The number of ether oxygens (including phenoxy) is 1. The molecule has 3 aromatic carbocycles. The molecular formula is C26H21ClINO2. The van der Waals surface area contributed by atoms with Crippen LogP contribution >= 0.6 is 34.2 Å². The Morgan fingerprint density at radius 1 is 1.03 bits per heavy atom. The maximum atomic E-state index is 13.5. The second kappa shape index (κ2) is 9.28. The van der Waals surface area contributed by atoms with Gasteiger partial charge in [-0.05, 0) is 108 Å². The molecule has 0 saturated carbocycles. The number of hydrogen-bond acceptors (Lipinski definition) is 2. The van der Waals surface area contributed by atoms with Gasteiger partial charge in [0.1, 0.15) is 5.75 Å². The summed E-state index contributed by atoms with van der Waals surface area (Å²) in [5, 5.41) is 0.663. The molecule has 1 aliphatic heterocycles. The van der Waals surface area contributed by atoms with Crippen molar-refractivity contribution in [2.45, 2.75) is 13.8 Å². The molecule has 156 valence electrons. The lowest BCUT2D eigenvalue weighted by molar-refractivity contribution is -0.113. The second-order valence-electron chi connectivity index (χ2n) is 7.21. The Balaban J connectivity index is 1.78. The van der Waals surface area contributed by atoms with E-state index in [1.165, 1.54) is 0 Å². The highest BCUT2D eigenvalue weighted by Crippen LogP contribution is 2.37. The average molecular weight is 542 g/mol. The van der Waals surface area contributed by atoms with E-state index in [0.717, 1.165) is 37.4 Å². The maximum absolute atomic E-state index is 13.5. The number of rotatable bonds is 5. The van der Waals surface area contributed by atoms with Crippen molar-refractivity contribution in [3.8, 4) is 5.75 Å². The Morgan fingerprint density at radius 2 is 1.74 bits per heavy atom. The summed E-state index contributed by atoms with van der Waals surface area (Å²) >= 11 is 8.38. The molecule has 0 bridgehead atoms. The number of halogens is 2. The first-order valence-corrected chi connectivity index (χ1v) is 11.4. The normalized spacial score (nSPS) is 14.8. The van der Waals surface area contributed by atoms with Crippen LogP contribution in [0.5, 0.6) is 5.75 Å². The van der Waals surface area contributed by atoms with Crippen molar-refractivity contribution in [3.05, 3.63) is 104 Å². The van der Waals surface area contributed by atoms with E-state index in [2.05, 4.69) is 28.7 Å². The van der Waals surface area contributed by atoms with E-state index < -0.39 is 0 Å². The van der Waals surface area contributed by atoms with E-state index in [9.17, 15) is 4.79 Å². The number of aryl methyl sites for hydroxylation is 1. The standard InChI is InChI=1S/C26H21ClINO2/c1-3-31-23-11-4-18(5-12-23)15-20-16-25(19-6-8-21(27)9-7-19)29(26(20)30)24-13-10-22(28)14-17(24)2/h4-16H,3H2,1-2H3/b20-15+. The molecule has 3 nitrogen and oxygen atoms in total. The quantitative estimate of drug-likeness (QED) is 0.254. The first kappa shape index (κ1) is 21.7. The van der Waals surface area contributed by atoms with E-state index in [1.807, 2.05) is 86.7 Å². The summed E-state index contributed by atoms with van der Waals surface area (Å²) in [6, 6.07) is 21.4. The summed E-state index contributed by atoms with van der Waals surface area (Å²) in [4.78, 5) is 15.3. The number of nitrogens with zero attached hydrogens (tertiary/aromatic N) is 1. The molecule has 1 aliphatic rings. The van der Waals surface area contributed by atoms with E-state index in [4.69, 9.17) is 16.3 Å². The van der Waals surface area contributed by atoms with Crippen molar-refractivity contribution in [1.82, 2.24) is 0 Å². The van der Waals surface area contributed by atoms with Crippen molar-refractivity contribution in [2.75, 3.05) is 11.5 Å². The van der Waals surface area contributed by atoms with E-state index in [1.54, 1.807) is 4.90 Å². The van der Waals surface area contributed by atoms with E-state index in [-0.39, 0.29) is 5.91 Å². The van der Waals surface area contributed by atoms with Gasteiger partial charge in [0, 0.05) is 14.2 Å². The third kappa shape index (κ3) is 4.70. The number of carbonyl (C=O) groups is 1. The van der Waals surface area contributed by atoms with Crippen LogP contribution in [0.15, 0.2) is 78.4 Å². The van der Waals surface area contributed by atoms with Crippen molar-refractivity contribution in [2.24, 2.45) is 0 Å². The predicted molar refractivity (Wildman–Crippen MR) is 136 cm³/mol. The van der Waals surface area contributed by atoms with Crippen LogP contribution in [-0.4, -0.2) is 12.5 Å². The number of hydrogen-bond donors (Lipinski definition) is 0. The lowest BCUT2D eigenvalue weighted by atomic mass is 10.1. The molecule has 5 heteroatoms. The summed E-state index contributed by atoms with van der Waals surface area (Å²) in [5.74, 6) is 0.763. The molecule has 1 heterocycles. The van der Waals surface area contributed by atoms with Crippen molar-refractivity contribution < 1.29 is 9.53 Å². The highest BCUT2D eigenvalue weighted by atomic mass is 127. The van der Waals surface area contributed by atoms with Crippen LogP contribution in [0.4, 0.5) is 5.69 Å². The van der Waals surface area contributed by atoms with Crippen molar-refractivity contribution >= 4 is 57.6 Å². The minimum absolute atomic E-state index is 0.0526. The van der Waals surface area contributed by atoms with E-state index >= 15 is 0 Å². The lowest BCUT2D eigenvalue weighted by Crippen LogP contribution is -2.25. The van der Waals surface area contributed by atoms with Gasteiger partial charge in [0.2, 0.25) is 0 Å². The molecule has 31 heavy (non-hydrogen) atoms. The fourth-order valence-electron chi connectivity index (χ4n) is 3.56. The Morgan fingerprint density at radius 3 is 2.39 bits per heavy atom. The first-order chi connectivity index (χ1) is 15.0. The molecule has 0 saturated heterocycles. The summed E-state index contributed by atoms with van der Waals surface area (Å²) in [7, 11) is 0. The van der Waals surface area contributed by atoms with Crippen LogP contribution < -0.4 is 9.64 Å². The Hall–Kier alpha value is -2.57. The molecule has 4 rings (SSSR count). The van der Waals surface area contributed by atoms with Crippen LogP contribution in [0.3, 0.4) is 0 Å². The van der Waals surface area contributed by atoms with Crippen LogP contribution in [0.25, 0.3) is 11.8 Å². The van der Waals surface area contributed by atoms with Crippen LogP contribution in [-0.2, 0) is 4.79 Å². The number of amides is 1. The monoisotopic (exact) mass is 541 g/mol. The summed E-state index contributed by atoms with van der Waals surface area (Å²) in [6.07, 6.45) is 3.86. The highest BCUT2D eigenvalue weighted by Gasteiger charge is 2.31. The van der Waals surface area contributed by atoms with Gasteiger partial charge in [-0.1, -0.05) is 35.9 Å². The molecule has 0 radical (unpaired) electrons. The third-order valence-electron chi connectivity index (χ3n) is 5.04. The number of carbonyl (C=O) groups excluding carboxylic acids is 1. The van der Waals surface area contributed by atoms with Crippen LogP contribution in [0.1, 0.15) is 23.6 Å². The van der Waals surface area contributed by atoms with Gasteiger partial charge in [-0.3, -0.25) is 9.69 Å². The predicted octanol–water partition coefficient (Wildman–Crippen LogP) is 7.12. The second-order valence-corrected chi connectivity index (χ2v) is 8.89. The van der Waals surface area contributed by atoms with Crippen molar-refractivity contribution in [3.63, 3.8) is 0 Å². The molecule has 0 unspecified atom stereocenters. The van der Waals surface area contributed by atoms with Crippen LogP contribution in [0, 0.1) is 10.5 Å². The zero-order chi connectivity index (χ0) is 22.0. The largest absolute Gasteiger partial charge is 0.494 e. The van der Waals surface area contributed by atoms with Gasteiger partial charge in [-0.15, -0.1) is 0 Å². The zero-order valence-electron chi connectivity index (χ0n) is 17.2. The molecular weight excluding hydrogens is 521 g/mol. The van der Waals surface area contributed by atoms with Gasteiger partial charge in [0.15, 0.2) is 0 Å². The molecule has 0 atom stereocenters. The summed E-state index contributed by atoms with van der Waals surface area (Å²) in [6.45, 7) is 4.60. The zero-order valence-corrected chi connectivity index (χ0v) is 20.1. The molecule has 3 aromatic rings. The van der Waals surface area contributed by atoms with E-state index in [0.29, 0.717) is 17.2 Å². The fourth-order valence-corrected chi connectivity index (χ4v) is 4.34. The third-order valence-corrected chi connectivity index (χ3v) is 5.96. The van der Waals surface area contributed by atoms with Gasteiger partial charge in [-0.25, -0.2) is 0 Å². The van der Waals surface area contributed by atoms with Gasteiger partial charge in [0.25, 0.3) is 5.91 Å². The molecule has 0 N–H and O–H groups in total. The van der Waals surface area contributed by atoms with Gasteiger partial charge in [-0.2, -0.15) is 0 Å². The van der Waals surface area contributed by atoms with Crippen LogP contribution in [0.2, 0.25) is 5.02 Å². The average Bonchev–Trinajstić information content (AvgIpc) is 3.06. The Kier molecular flexibility index (Phi) is 6.49. The molecule has 0 aromatic heterocycles. The lowest BCUT2D eigenvalue weighted by Gasteiger charge is -2.23. The maximum Gasteiger partial charge on any atom is 0.262 e. The SMILES string of the molecule is CCOc1ccc(/C=C2\C=C(c3ccc(Cl)cc3)N(c3ccc(I)cc3C)C2=O)cc1. The van der Waals surface area contributed by atoms with Gasteiger partial charge >= 0.3 is 0 Å². The molecule has 0 aliphatic carbocycles.